The molecule has 0 aromatic heterocycles. The van der Waals surface area contributed by atoms with Crippen LogP contribution in [0, 0.1) is 0 Å². The van der Waals surface area contributed by atoms with Crippen molar-refractivity contribution < 1.29 is 0 Å². The summed E-state index contributed by atoms with van der Waals surface area (Å²) in [4.78, 5) is 2.51. The molecule has 0 spiro atoms. The molecule has 1 nitrogen and oxygen atoms in total. The highest BCUT2D eigenvalue weighted by atomic mass is 15.1. The minimum Gasteiger partial charge on any atom is -0.310 e. The Hall–Kier alpha value is -7.74. The van der Waals surface area contributed by atoms with Crippen molar-refractivity contribution in [1.82, 2.24) is 0 Å². The van der Waals surface area contributed by atoms with E-state index in [1.54, 1.807) is 0 Å². The highest BCUT2D eigenvalue weighted by Crippen LogP contribution is 2.57. The van der Waals surface area contributed by atoms with Gasteiger partial charge in [0.25, 0.3) is 0 Å². The second-order valence-electron chi connectivity index (χ2n) is 17.0. The number of fused-ring (bicyclic) bond motifs is 4. The zero-order chi connectivity index (χ0) is 42.3. The lowest BCUT2D eigenvalue weighted by atomic mass is 9.67. The molecule has 0 N–H and O–H groups in total. The first kappa shape index (κ1) is 38.2. The van der Waals surface area contributed by atoms with Crippen LogP contribution in [0.4, 0.5) is 17.1 Å². The number of hydrogen-bond acceptors (Lipinski definition) is 1. The van der Waals surface area contributed by atoms with Crippen molar-refractivity contribution in [2.45, 2.75) is 25.2 Å². The summed E-state index contributed by atoms with van der Waals surface area (Å²) < 4.78 is 0. The average molecular weight is 806 g/mol. The van der Waals surface area contributed by atoms with Crippen LogP contribution in [-0.2, 0) is 5.41 Å². The lowest BCUT2D eigenvalue weighted by Crippen LogP contribution is -2.28. The first-order valence-corrected chi connectivity index (χ1v) is 22.1. The van der Waals surface area contributed by atoms with Crippen molar-refractivity contribution in [2.75, 3.05) is 4.90 Å². The minimum atomic E-state index is -0.525. The molecule has 0 saturated heterocycles. The van der Waals surface area contributed by atoms with Gasteiger partial charge in [-0.2, -0.15) is 0 Å². The molecule has 0 atom stereocenters. The Balaban J connectivity index is 1.15. The summed E-state index contributed by atoms with van der Waals surface area (Å²) in [6.07, 6.45) is 0. The van der Waals surface area contributed by atoms with Gasteiger partial charge in [-0.3, -0.25) is 0 Å². The van der Waals surface area contributed by atoms with Gasteiger partial charge in [-0.1, -0.05) is 220 Å². The van der Waals surface area contributed by atoms with Gasteiger partial charge in [-0.25, -0.2) is 0 Å². The molecule has 0 saturated carbocycles. The fraction of sp³-hybridized carbons (Fsp3) is 0.0645. The van der Waals surface area contributed by atoms with E-state index in [4.69, 9.17) is 0 Å². The van der Waals surface area contributed by atoms with E-state index in [1.807, 2.05) is 0 Å². The lowest BCUT2D eigenvalue weighted by molar-refractivity contribution is 0.768. The Bertz CT molecular complexity index is 3180. The van der Waals surface area contributed by atoms with E-state index in [2.05, 4.69) is 261 Å². The van der Waals surface area contributed by atoms with Crippen molar-refractivity contribution in [3.63, 3.8) is 0 Å². The number of rotatable bonds is 9. The molecule has 1 aliphatic rings. The van der Waals surface area contributed by atoms with Gasteiger partial charge in [0.15, 0.2) is 0 Å². The highest BCUT2D eigenvalue weighted by Gasteiger charge is 2.46. The Kier molecular flexibility index (Phi) is 9.67. The molecule has 0 heterocycles. The van der Waals surface area contributed by atoms with E-state index < -0.39 is 5.41 Å². The van der Waals surface area contributed by atoms with Crippen LogP contribution in [0.15, 0.2) is 243 Å². The molecule has 11 rings (SSSR count). The predicted octanol–water partition coefficient (Wildman–Crippen LogP) is 16.8. The Morgan fingerprint density at radius 3 is 1.41 bits per heavy atom. The van der Waals surface area contributed by atoms with E-state index in [0.717, 1.165) is 17.1 Å². The smallest absolute Gasteiger partial charge is 0.0714 e. The van der Waals surface area contributed by atoms with E-state index in [9.17, 15) is 0 Å². The maximum Gasteiger partial charge on any atom is 0.0714 e. The van der Waals surface area contributed by atoms with Crippen LogP contribution in [0.3, 0.4) is 0 Å². The first-order chi connectivity index (χ1) is 31.1. The second kappa shape index (κ2) is 15.9. The molecule has 1 aliphatic carbocycles. The molecule has 0 unspecified atom stereocenters. The summed E-state index contributed by atoms with van der Waals surface area (Å²) in [5.41, 5.74) is 19.1. The summed E-state index contributed by atoms with van der Waals surface area (Å²) >= 11 is 0. The van der Waals surface area contributed by atoms with Crippen molar-refractivity contribution in [3.8, 4) is 44.5 Å². The van der Waals surface area contributed by atoms with Gasteiger partial charge in [0.1, 0.15) is 0 Å². The zero-order valence-electron chi connectivity index (χ0n) is 35.6. The Morgan fingerprint density at radius 2 is 0.794 bits per heavy atom. The van der Waals surface area contributed by atoms with Crippen molar-refractivity contribution >= 4 is 27.8 Å². The van der Waals surface area contributed by atoms with Crippen LogP contribution in [-0.4, -0.2) is 0 Å². The molecular formula is C62H47N. The largest absolute Gasteiger partial charge is 0.310 e. The zero-order valence-corrected chi connectivity index (χ0v) is 35.6. The van der Waals surface area contributed by atoms with Gasteiger partial charge in [-0.15, -0.1) is 0 Å². The van der Waals surface area contributed by atoms with Crippen LogP contribution >= 0.6 is 0 Å². The van der Waals surface area contributed by atoms with Crippen LogP contribution < -0.4 is 4.90 Å². The molecule has 0 fully saturated rings. The number of anilines is 3. The summed E-state index contributed by atoms with van der Waals surface area (Å²) in [6, 6.07) is 89.6. The number of nitrogens with zero attached hydrogens (tertiary/aromatic N) is 1. The third-order valence-electron chi connectivity index (χ3n) is 13.1. The SMILES string of the molecule is CC(C)c1ccccc1-c1cc2ccccc2cc1N(c1ccc(-c2ccc(-c3ccccc3)cc2)cc1)c1ccc2c(c1)C(c1ccccc1)(c1ccccc1)c1ccccc1-2. The third kappa shape index (κ3) is 6.56. The Morgan fingerprint density at radius 1 is 0.333 bits per heavy atom. The fourth-order valence-electron chi connectivity index (χ4n) is 10.2. The van der Waals surface area contributed by atoms with Crippen LogP contribution in [0.2, 0.25) is 0 Å². The summed E-state index contributed by atoms with van der Waals surface area (Å²) in [7, 11) is 0. The van der Waals surface area contributed by atoms with Gasteiger partial charge in [0, 0.05) is 16.9 Å². The maximum atomic E-state index is 2.51. The lowest BCUT2D eigenvalue weighted by Gasteiger charge is -2.35. The molecule has 0 bridgehead atoms. The van der Waals surface area contributed by atoms with Gasteiger partial charge in [0.2, 0.25) is 0 Å². The minimum absolute atomic E-state index is 0.345. The summed E-state index contributed by atoms with van der Waals surface area (Å²) in [6.45, 7) is 4.60. The van der Waals surface area contributed by atoms with Gasteiger partial charge >= 0.3 is 0 Å². The highest BCUT2D eigenvalue weighted by molar-refractivity contribution is 6.00. The normalized spacial score (nSPS) is 12.6. The molecule has 300 valence electrons. The third-order valence-corrected chi connectivity index (χ3v) is 13.1. The van der Waals surface area contributed by atoms with E-state index in [1.165, 1.54) is 83.1 Å². The molecule has 0 radical (unpaired) electrons. The van der Waals surface area contributed by atoms with Gasteiger partial charge in [-0.05, 0) is 120 Å². The molecule has 0 aliphatic heterocycles. The van der Waals surface area contributed by atoms with Crippen molar-refractivity contribution in [2.24, 2.45) is 0 Å². The molecule has 63 heavy (non-hydrogen) atoms. The topological polar surface area (TPSA) is 3.24 Å². The number of benzene rings is 10. The first-order valence-electron chi connectivity index (χ1n) is 22.1. The quantitative estimate of drug-likeness (QED) is 0.140. The fourth-order valence-corrected chi connectivity index (χ4v) is 10.2. The molecule has 1 heteroatoms. The van der Waals surface area contributed by atoms with Crippen molar-refractivity contribution in [1.29, 1.82) is 0 Å². The molecule has 0 amide bonds. The standard InChI is InChI=1S/C62H47N/c1-43(2)54-26-14-15-27-55(54)58-40-48-20-12-13-21-49(48)41-61(58)63(52-36-34-47(35-37-52)46-32-30-45(31-33-46)44-18-6-3-7-19-44)53-38-39-57-56-28-16-17-29-59(56)62(60(57)42-53,50-22-8-4-9-23-50)51-24-10-5-11-25-51/h3-43H,1-2H3. The van der Waals surface area contributed by atoms with E-state index in [0.29, 0.717) is 5.92 Å². The summed E-state index contributed by atoms with van der Waals surface area (Å²) in [5, 5.41) is 2.43. The summed E-state index contributed by atoms with van der Waals surface area (Å²) in [5.74, 6) is 0.345. The van der Waals surface area contributed by atoms with Crippen LogP contribution in [0.5, 0.6) is 0 Å². The van der Waals surface area contributed by atoms with Crippen LogP contribution in [0.1, 0.15) is 47.6 Å². The average Bonchev–Trinajstić information content (AvgIpc) is 3.65. The molecular weight excluding hydrogens is 759 g/mol. The van der Waals surface area contributed by atoms with Crippen LogP contribution in [0.25, 0.3) is 55.3 Å². The molecule has 10 aromatic carbocycles. The monoisotopic (exact) mass is 805 g/mol. The molecule has 10 aromatic rings. The number of hydrogen-bond donors (Lipinski definition) is 0. The van der Waals surface area contributed by atoms with Gasteiger partial charge < -0.3 is 4.90 Å². The predicted molar refractivity (Wildman–Crippen MR) is 266 cm³/mol. The van der Waals surface area contributed by atoms with E-state index >= 15 is 0 Å². The van der Waals surface area contributed by atoms with Gasteiger partial charge in [0.05, 0.1) is 11.1 Å². The maximum absolute atomic E-state index is 2.51. The second-order valence-corrected chi connectivity index (χ2v) is 17.0. The van der Waals surface area contributed by atoms with E-state index in [-0.39, 0.29) is 0 Å². The van der Waals surface area contributed by atoms with Crippen molar-refractivity contribution in [3.05, 3.63) is 270 Å². The Labute approximate surface area is 371 Å².